The van der Waals surface area contributed by atoms with E-state index in [1.54, 1.807) is 54.6 Å². The van der Waals surface area contributed by atoms with E-state index in [9.17, 15) is 20.0 Å². The number of phenols is 1. The molecule has 0 aromatic heterocycles. The van der Waals surface area contributed by atoms with Crippen LogP contribution in [0.3, 0.4) is 0 Å². The zero-order valence-corrected chi connectivity index (χ0v) is 16.2. The van der Waals surface area contributed by atoms with Crippen LogP contribution in [0.5, 0.6) is 5.75 Å². The fourth-order valence-corrected chi connectivity index (χ4v) is 3.27. The number of benzene rings is 3. The Morgan fingerprint density at radius 1 is 1.03 bits per heavy atom. The number of halogens is 1. The first-order chi connectivity index (χ1) is 14.5. The van der Waals surface area contributed by atoms with E-state index in [1.807, 2.05) is 6.07 Å². The molecule has 30 heavy (non-hydrogen) atoms. The summed E-state index contributed by atoms with van der Waals surface area (Å²) in [5.74, 6) is -0.596. The van der Waals surface area contributed by atoms with Crippen LogP contribution in [0.25, 0.3) is 6.08 Å². The van der Waals surface area contributed by atoms with Crippen molar-refractivity contribution in [2.45, 2.75) is 0 Å². The Morgan fingerprint density at radius 3 is 2.40 bits per heavy atom. The maximum atomic E-state index is 13.2. The summed E-state index contributed by atoms with van der Waals surface area (Å²) in [5, 5.41) is 21.9. The molecule has 0 radical (unpaired) electrons. The first kappa shape index (κ1) is 19.4. The zero-order chi connectivity index (χ0) is 21.3. The third-order valence-corrected chi connectivity index (χ3v) is 4.84. The largest absolute Gasteiger partial charge is 0.505 e. The number of nitro benzene ring substituents is 1. The van der Waals surface area contributed by atoms with E-state index in [2.05, 4.69) is 4.99 Å². The van der Waals surface area contributed by atoms with E-state index in [0.717, 1.165) is 6.07 Å². The SMILES string of the molecule is O=C1C(=Cc2ccccc2Cl)N=C(c2ccccc2)N1c1ccc([N+](=O)[O-])cc1O. The second kappa shape index (κ2) is 7.81. The number of hydrogen-bond donors (Lipinski definition) is 1. The van der Waals surface area contributed by atoms with Crippen LogP contribution in [0.4, 0.5) is 11.4 Å². The maximum absolute atomic E-state index is 13.2. The Bertz CT molecular complexity index is 1220. The first-order valence-electron chi connectivity index (χ1n) is 8.88. The molecule has 0 bridgehead atoms. The number of carbonyl (C=O) groups is 1. The molecule has 1 N–H and O–H groups in total. The molecule has 1 heterocycles. The molecule has 3 aromatic rings. The van der Waals surface area contributed by atoms with Gasteiger partial charge in [0, 0.05) is 16.7 Å². The van der Waals surface area contributed by atoms with Crippen LogP contribution in [0, 0.1) is 10.1 Å². The number of carbonyl (C=O) groups excluding carboxylic acids is 1. The zero-order valence-electron chi connectivity index (χ0n) is 15.4. The summed E-state index contributed by atoms with van der Waals surface area (Å²) in [4.78, 5) is 29.3. The monoisotopic (exact) mass is 419 g/mol. The van der Waals surface area contributed by atoms with Gasteiger partial charge < -0.3 is 5.11 Å². The molecule has 1 amide bonds. The van der Waals surface area contributed by atoms with Crippen molar-refractivity contribution in [3.05, 3.63) is 105 Å². The number of phenolic OH excluding ortho intramolecular Hbond substituents is 1. The molecule has 0 spiro atoms. The van der Waals surface area contributed by atoms with Crippen molar-refractivity contribution in [3.63, 3.8) is 0 Å². The summed E-state index contributed by atoms with van der Waals surface area (Å²) in [6.45, 7) is 0. The van der Waals surface area contributed by atoms with Crippen molar-refractivity contribution >= 4 is 40.8 Å². The number of aliphatic imine (C=N–C) groups is 1. The Hall–Kier alpha value is -3.97. The lowest BCUT2D eigenvalue weighted by Gasteiger charge is -2.19. The van der Waals surface area contributed by atoms with Gasteiger partial charge in [-0.25, -0.2) is 4.99 Å². The Morgan fingerprint density at radius 2 is 1.73 bits per heavy atom. The molecule has 3 aromatic carbocycles. The van der Waals surface area contributed by atoms with Crippen molar-refractivity contribution in [3.8, 4) is 5.75 Å². The summed E-state index contributed by atoms with van der Waals surface area (Å²) in [5.41, 5.74) is 1.20. The van der Waals surface area contributed by atoms with E-state index in [0.29, 0.717) is 22.0 Å². The third kappa shape index (κ3) is 3.54. The second-order valence-corrected chi connectivity index (χ2v) is 6.83. The van der Waals surface area contributed by atoms with Gasteiger partial charge in [0.25, 0.3) is 11.6 Å². The molecule has 8 heteroatoms. The van der Waals surface area contributed by atoms with Gasteiger partial charge in [-0.2, -0.15) is 0 Å². The number of rotatable bonds is 4. The predicted octanol–water partition coefficient (Wildman–Crippen LogP) is 4.79. The van der Waals surface area contributed by atoms with Crippen molar-refractivity contribution in [2.75, 3.05) is 4.90 Å². The average molecular weight is 420 g/mol. The highest BCUT2D eigenvalue weighted by Crippen LogP contribution is 2.36. The Balaban J connectivity index is 1.85. The molecule has 0 aliphatic carbocycles. The lowest BCUT2D eigenvalue weighted by Crippen LogP contribution is -2.32. The number of nitro groups is 1. The molecule has 0 unspecified atom stereocenters. The summed E-state index contributed by atoms with van der Waals surface area (Å²) in [6, 6.07) is 19.6. The van der Waals surface area contributed by atoms with E-state index in [-0.39, 0.29) is 17.1 Å². The van der Waals surface area contributed by atoms with Gasteiger partial charge in [-0.15, -0.1) is 0 Å². The van der Waals surface area contributed by atoms with Crippen LogP contribution in [-0.2, 0) is 4.79 Å². The highest BCUT2D eigenvalue weighted by Gasteiger charge is 2.34. The minimum absolute atomic E-state index is 0.0933. The summed E-state index contributed by atoms with van der Waals surface area (Å²) in [7, 11) is 0. The average Bonchev–Trinajstić information content (AvgIpc) is 3.06. The number of hydrogen-bond acceptors (Lipinski definition) is 5. The number of non-ortho nitro benzene ring substituents is 1. The van der Waals surface area contributed by atoms with Crippen molar-refractivity contribution < 1.29 is 14.8 Å². The van der Waals surface area contributed by atoms with Crippen molar-refractivity contribution in [1.82, 2.24) is 0 Å². The van der Waals surface area contributed by atoms with Crippen molar-refractivity contribution in [2.24, 2.45) is 4.99 Å². The summed E-state index contributed by atoms with van der Waals surface area (Å²) in [6.07, 6.45) is 1.57. The van der Waals surface area contributed by atoms with Crippen LogP contribution in [-0.4, -0.2) is 21.8 Å². The minimum atomic E-state index is -0.621. The lowest BCUT2D eigenvalue weighted by atomic mass is 10.1. The molecule has 0 saturated carbocycles. The Labute approximate surface area is 176 Å². The number of aromatic hydroxyl groups is 1. The molecule has 0 fully saturated rings. The molecule has 0 atom stereocenters. The molecule has 0 saturated heterocycles. The molecular formula is C22H14ClN3O4. The maximum Gasteiger partial charge on any atom is 0.282 e. The predicted molar refractivity (Wildman–Crippen MR) is 115 cm³/mol. The highest BCUT2D eigenvalue weighted by atomic mass is 35.5. The normalized spacial score (nSPS) is 14.8. The van der Waals surface area contributed by atoms with Gasteiger partial charge in [0.1, 0.15) is 17.3 Å². The van der Waals surface area contributed by atoms with Gasteiger partial charge in [-0.3, -0.25) is 19.8 Å². The second-order valence-electron chi connectivity index (χ2n) is 6.42. The van der Waals surface area contributed by atoms with Gasteiger partial charge >= 0.3 is 0 Å². The van der Waals surface area contributed by atoms with Crippen LogP contribution in [0.1, 0.15) is 11.1 Å². The summed E-state index contributed by atoms with van der Waals surface area (Å²) >= 11 is 6.21. The molecule has 148 valence electrons. The van der Waals surface area contributed by atoms with Gasteiger partial charge in [0.05, 0.1) is 16.7 Å². The lowest BCUT2D eigenvalue weighted by molar-refractivity contribution is -0.384. The van der Waals surface area contributed by atoms with Gasteiger partial charge in [-0.1, -0.05) is 60.1 Å². The van der Waals surface area contributed by atoms with E-state index < -0.39 is 16.6 Å². The quantitative estimate of drug-likeness (QED) is 0.373. The van der Waals surface area contributed by atoms with Crippen molar-refractivity contribution in [1.29, 1.82) is 0 Å². The van der Waals surface area contributed by atoms with Gasteiger partial charge in [0.2, 0.25) is 0 Å². The number of nitrogens with zero attached hydrogens (tertiary/aromatic N) is 3. The molecular weight excluding hydrogens is 406 g/mol. The molecule has 1 aliphatic rings. The van der Waals surface area contributed by atoms with Gasteiger partial charge in [-0.05, 0) is 23.8 Å². The third-order valence-electron chi connectivity index (χ3n) is 4.50. The minimum Gasteiger partial charge on any atom is -0.505 e. The topological polar surface area (TPSA) is 96.0 Å². The smallest absolute Gasteiger partial charge is 0.282 e. The summed E-state index contributed by atoms with van der Waals surface area (Å²) < 4.78 is 0. The van der Waals surface area contributed by atoms with Crippen LogP contribution >= 0.6 is 11.6 Å². The first-order valence-corrected chi connectivity index (χ1v) is 9.25. The van der Waals surface area contributed by atoms with Crippen LogP contribution in [0.15, 0.2) is 83.5 Å². The highest BCUT2D eigenvalue weighted by molar-refractivity contribution is 6.35. The van der Waals surface area contributed by atoms with E-state index in [4.69, 9.17) is 11.6 Å². The van der Waals surface area contributed by atoms with Crippen LogP contribution in [0.2, 0.25) is 5.02 Å². The molecule has 4 rings (SSSR count). The fraction of sp³-hybridized carbons (Fsp3) is 0. The number of amides is 1. The Kier molecular flexibility index (Phi) is 5.04. The fourth-order valence-electron chi connectivity index (χ4n) is 3.07. The van der Waals surface area contributed by atoms with E-state index in [1.165, 1.54) is 17.0 Å². The number of anilines is 1. The number of amidine groups is 1. The molecule has 7 nitrogen and oxygen atoms in total. The van der Waals surface area contributed by atoms with Crippen LogP contribution < -0.4 is 4.90 Å². The standard InChI is InChI=1S/C22H14ClN3O4/c23-17-9-5-4-8-15(17)12-18-22(28)25(21(24-18)14-6-2-1-3-7-14)19-11-10-16(26(29)30)13-20(19)27/h1-13,27H. The molecule has 1 aliphatic heterocycles. The van der Waals surface area contributed by atoms with E-state index >= 15 is 0 Å². The van der Waals surface area contributed by atoms with Gasteiger partial charge in [0.15, 0.2) is 0 Å².